The number of amides is 1. The van der Waals surface area contributed by atoms with Gasteiger partial charge in [0.25, 0.3) is 5.88 Å². The first-order chi connectivity index (χ1) is 11.5. The van der Waals surface area contributed by atoms with Gasteiger partial charge >= 0.3 is 6.09 Å². The van der Waals surface area contributed by atoms with Crippen LogP contribution in [0.2, 0.25) is 5.02 Å². The Balaban J connectivity index is 0.00000225. The summed E-state index contributed by atoms with van der Waals surface area (Å²) in [5.41, 5.74) is 12.4. The number of nitrogens with two attached hydrogens (primary N) is 2. The van der Waals surface area contributed by atoms with Crippen molar-refractivity contribution in [3.05, 3.63) is 53.1 Å². The quantitative estimate of drug-likeness (QED) is 0.697. The number of ether oxygens (including phenoxy) is 2. The number of halogens is 2. The highest BCUT2D eigenvalue weighted by atomic mass is 35.5. The normalized spacial score (nSPS) is 11.6. The van der Waals surface area contributed by atoms with E-state index in [1.807, 2.05) is 0 Å². The molecule has 2 aromatic carbocycles. The summed E-state index contributed by atoms with van der Waals surface area (Å²) in [6, 6.07) is 11.4. The van der Waals surface area contributed by atoms with E-state index >= 15 is 0 Å². The largest absolute Gasteiger partial charge is 0.473 e. The van der Waals surface area contributed by atoms with Crippen molar-refractivity contribution in [2.75, 3.05) is 6.61 Å². The maximum Gasteiger partial charge on any atom is 0.409 e. The Kier molecular flexibility index (Phi) is 6.08. The molecule has 1 unspecified atom stereocenters. The van der Waals surface area contributed by atoms with Gasteiger partial charge in [0, 0.05) is 5.02 Å². The summed E-state index contributed by atoms with van der Waals surface area (Å²) in [4.78, 5) is 10.8. The van der Waals surface area contributed by atoms with Gasteiger partial charge in [-0.05, 0) is 41.1 Å². The van der Waals surface area contributed by atoms with Crippen molar-refractivity contribution in [3.63, 3.8) is 0 Å². The summed E-state index contributed by atoms with van der Waals surface area (Å²) in [5.74, 6) is 0.626. The second-order valence-corrected chi connectivity index (χ2v) is 5.48. The van der Waals surface area contributed by atoms with Crippen molar-refractivity contribution >= 4 is 41.1 Å². The average molecular weight is 384 g/mol. The highest BCUT2D eigenvalue weighted by molar-refractivity contribution is 6.31. The lowest BCUT2D eigenvalue weighted by Crippen LogP contribution is -2.20. The predicted octanol–water partition coefficient (Wildman–Crippen LogP) is 3.44. The van der Waals surface area contributed by atoms with Gasteiger partial charge < -0.3 is 25.5 Å². The lowest BCUT2D eigenvalue weighted by Gasteiger charge is -2.13. The first-order valence-electron chi connectivity index (χ1n) is 7.03. The Morgan fingerprint density at radius 2 is 2.08 bits per heavy atom. The Morgan fingerprint density at radius 1 is 1.28 bits per heavy atom. The van der Waals surface area contributed by atoms with E-state index in [1.165, 1.54) is 0 Å². The summed E-state index contributed by atoms with van der Waals surface area (Å²) in [6.07, 6.45) is -0.886. The van der Waals surface area contributed by atoms with Gasteiger partial charge in [-0.15, -0.1) is 12.4 Å². The molecule has 0 aliphatic heterocycles. The second-order valence-electron chi connectivity index (χ2n) is 5.04. The van der Waals surface area contributed by atoms with E-state index < -0.39 is 12.1 Å². The summed E-state index contributed by atoms with van der Waals surface area (Å²) < 4.78 is 15.6. The number of nitrogens with zero attached hydrogens (tertiary/aromatic N) is 1. The van der Waals surface area contributed by atoms with Gasteiger partial charge in [0.05, 0.1) is 11.4 Å². The first-order valence-corrected chi connectivity index (χ1v) is 7.41. The van der Waals surface area contributed by atoms with Crippen LogP contribution in [0.15, 0.2) is 47.0 Å². The van der Waals surface area contributed by atoms with Crippen LogP contribution in [0, 0.1) is 0 Å². The predicted molar refractivity (Wildman–Crippen MR) is 95.3 cm³/mol. The molecule has 25 heavy (non-hydrogen) atoms. The van der Waals surface area contributed by atoms with Crippen molar-refractivity contribution in [2.45, 2.75) is 6.04 Å². The van der Waals surface area contributed by atoms with E-state index in [0.717, 1.165) is 5.56 Å². The molecule has 7 nitrogen and oxygen atoms in total. The third kappa shape index (κ3) is 4.54. The minimum atomic E-state index is -0.886. The molecule has 3 rings (SSSR count). The Morgan fingerprint density at radius 3 is 2.84 bits per heavy atom. The molecule has 132 valence electrons. The fourth-order valence-corrected chi connectivity index (χ4v) is 2.35. The summed E-state index contributed by atoms with van der Waals surface area (Å²) >= 11 is 5.96. The number of fused-ring (bicyclic) bond motifs is 1. The maximum absolute atomic E-state index is 10.8. The molecule has 1 atom stereocenters. The zero-order valence-electron chi connectivity index (χ0n) is 12.8. The molecular formula is C16H15Cl2N3O4. The number of benzene rings is 2. The van der Waals surface area contributed by atoms with Crippen LogP contribution in [-0.4, -0.2) is 17.9 Å². The van der Waals surface area contributed by atoms with Crippen LogP contribution in [-0.2, 0) is 0 Å². The zero-order chi connectivity index (χ0) is 17.1. The molecule has 9 heteroatoms. The Labute approximate surface area is 154 Å². The molecule has 0 spiro atoms. The monoisotopic (exact) mass is 383 g/mol. The van der Waals surface area contributed by atoms with Gasteiger partial charge in [0.2, 0.25) is 0 Å². The highest BCUT2D eigenvalue weighted by Crippen LogP contribution is 2.28. The average Bonchev–Trinajstić information content (AvgIpc) is 2.94. The molecule has 0 bridgehead atoms. The molecule has 4 N–H and O–H groups in total. The Hall–Kier alpha value is -2.48. The number of hydrogen-bond donors (Lipinski definition) is 2. The van der Waals surface area contributed by atoms with E-state index in [4.69, 9.17) is 37.1 Å². The highest BCUT2D eigenvalue weighted by Gasteiger charge is 2.14. The molecule has 0 radical (unpaired) electrons. The molecule has 1 amide bonds. The maximum atomic E-state index is 10.8. The van der Waals surface area contributed by atoms with E-state index in [1.54, 1.807) is 42.5 Å². The van der Waals surface area contributed by atoms with Gasteiger partial charge in [-0.1, -0.05) is 23.7 Å². The smallest absolute Gasteiger partial charge is 0.409 e. The molecular weight excluding hydrogens is 369 g/mol. The van der Waals surface area contributed by atoms with Crippen molar-refractivity contribution in [1.29, 1.82) is 0 Å². The number of carbonyl (C=O) groups excluding carboxylic acids is 1. The lowest BCUT2D eigenvalue weighted by molar-refractivity contribution is 0.210. The molecule has 0 aliphatic carbocycles. The van der Waals surface area contributed by atoms with Crippen LogP contribution in [0.5, 0.6) is 11.6 Å². The number of hydrogen-bond acceptors (Lipinski definition) is 6. The van der Waals surface area contributed by atoms with Crippen LogP contribution >= 0.6 is 24.0 Å². The minimum Gasteiger partial charge on any atom is -0.473 e. The summed E-state index contributed by atoms with van der Waals surface area (Å²) in [6.45, 7) is 0.147. The van der Waals surface area contributed by atoms with Crippen molar-refractivity contribution in [1.82, 2.24) is 5.16 Å². The van der Waals surface area contributed by atoms with Crippen LogP contribution in [0.4, 0.5) is 4.79 Å². The molecule has 0 saturated heterocycles. The first kappa shape index (κ1) is 18.9. The van der Waals surface area contributed by atoms with Crippen LogP contribution in [0.1, 0.15) is 11.6 Å². The number of primary amides is 1. The van der Waals surface area contributed by atoms with Crippen LogP contribution < -0.4 is 20.9 Å². The second kappa shape index (κ2) is 8.06. The SMILES string of the molecule is Cl.NC(=O)Oc1cccc(C(N)COc2noc3ccc(Cl)cc23)c1. The van der Waals surface area contributed by atoms with Crippen molar-refractivity contribution in [2.24, 2.45) is 11.5 Å². The number of rotatable bonds is 5. The fraction of sp³-hybridized carbons (Fsp3) is 0.125. The molecule has 1 aromatic heterocycles. The van der Waals surface area contributed by atoms with Crippen LogP contribution in [0.3, 0.4) is 0 Å². The standard InChI is InChI=1S/C16H14ClN3O4.ClH/c17-10-4-5-14-12(7-10)15(20-24-14)22-8-13(18)9-2-1-3-11(6-9)23-16(19)21;/h1-7,13H,8,18H2,(H2,19,21);1H. The van der Waals surface area contributed by atoms with E-state index in [0.29, 0.717) is 27.6 Å². The molecule has 0 saturated carbocycles. The summed E-state index contributed by atoms with van der Waals surface area (Å²) in [7, 11) is 0. The molecule has 0 aliphatic rings. The third-order valence-corrected chi connectivity index (χ3v) is 3.54. The topological polar surface area (TPSA) is 114 Å². The molecule has 3 aromatic rings. The van der Waals surface area contributed by atoms with Gasteiger partial charge in [-0.25, -0.2) is 4.79 Å². The summed E-state index contributed by atoms with van der Waals surface area (Å²) in [5, 5.41) is 5.08. The van der Waals surface area contributed by atoms with Gasteiger partial charge in [-0.3, -0.25) is 0 Å². The number of carbonyl (C=O) groups is 1. The third-order valence-electron chi connectivity index (χ3n) is 3.30. The number of aromatic nitrogens is 1. The van der Waals surface area contributed by atoms with Crippen molar-refractivity contribution < 1.29 is 18.8 Å². The van der Waals surface area contributed by atoms with Gasteiger partial charge in [0.1, 0.15) is 12.4 Å². The molecule has 0 fully saturated rings. The molecule has 1 heterocycles. The van der Waals surface area contributed by atoms with E-state index in [2.05, 4.69) is 5.16 Å². The van der Waals surface area contributed by atoms with E-state index in [9.17, 15) is 4.79 Å². The zero-order valence-corrected chi connectivity index (χ0v) is 14.4. The van der Waals surface area contributed by atoms with Crippen molar-refractivity contribution in [3.8, 4) is 11.6 Å². The van der Waals surface area contributed by atoms with Gasteiger partial charge in [0.15, 0.2) is 5.58 Å². The van der Waals surface area contributed by atoms with Crippen LogP contribution in [0.25, 0.3) is 11.0 Å². The fourth-order valence-electron chi connectivity index (χ4n) is 2.18. The Bertz CT molecular complexity index is 885. The lowest BCUT2D eigenvalue weighted by atomic mass is 10.1. The van der Waals surface area contributed by atoms with Gasteiger partial charge in [-0.2, -0.15) is 0 Å². The van der Waals surface area contributed by atoms with E-state index in [-0.39, 0.29) is 19.0 Å². The minimum absolute atomic E-state index is 0.